The fraction of sp³-hybridized carbons (Fsp3) is 0.278. The van der Waals surface area contributed by atoms with E-state index in [2.05, 4.69) is 15.3 Å². The summed E-state index contributed by atoms with van der Waals surface area (Å²) in [6.45, 7) is 0.350. The van der Waals surface area contributed by atoms with Gasteiger partial charge in [0.1, 0.15) is 5.01 Å². The van der Waals surface area contributed by atoms with Crippen LogP contribution in [0.1, 0.15) is 23.5 Å². The van der Waals surface area contributed by atoms with Crippen molar-refractivity contribution in [2.45, 2.75) is 25.8 Å². The van der Waals surface area contributed by atoms with Crippen LogP contribution in [0.25, 0.3) is 10.2 Å². The number of hydrogen-bond donors (Lipinski definition) is 4. The third kappa shape index (κ3) is 5.72. The number of carbonyl (C=O) groups excluding carboxylic acids is 2. The molecule has 3 rings (SSSR count). The lowest BCUT2D eigenvalue weighted by Crippen LogP contribution is -2.29. The predicted octanol–water partition coefficient (Wildman–Crippen LogP) is 2.38. The molecule has 0 atom stereocenters. The number of anilines is 1. The average molecular weight is 450 g/mol. The molecule has 30 heavy (non-hydrogen) atoms. The number of amides is 3. The fourth-order valence-electron chi connectivity index (χ4n) is 2.60. The van der Waals surface area contributed by atoms with E-state index in [1.54, 1.807) is 5.38 Å². The van der Waals surface area contributed by atoms with Gasteiger partial charge in [-0.15, -0.1) is 22.7 Å². The lowest BCUT2D eigenvalue weighted by molar-refractivity contribution is -0.129. The first kappa shape index (κ1) is 21.6. The number of hydrogen-bond acceptors (Lipinski definition) is 8. The van der Waals surface area contributed by atoms with Crippen molar-refractivity contribution in [1.29, 1.82) is 0 Å². The summed E-state index contributed by atoms with van der Waals surface area (Å²) in [5, 5.41) is 23.2. The van der Waals surface area contributed by atoms with Crippen molar-refractivity contribution in [2.24, 2.45) is 0 Å². The number of nitrogens with one attached hydrogen (secondary N) is 2. The molecule has 0 saturated carbocycles. The smallest absolute Gasteiger partial charge is 0.414 e. The summed E-state index contributed by atoms with van der Waals surface area (Å²) >= 11 is 2.56. The molecule has 0 bridgehead atoms. The minimum atomic E-state index is -1.15. The van der Waals surface area contributed by atoms with E-state index in [9.17, 15) is 19.5 Å². The monoisotopic (exact) mass is 449 g/mol. The highest BCUT2D eigenvalue weighted by molar-refractivity contribution is 7.18. The molecule has 2 aromatic heterocycles. The van der Waals surface area contributed by atoms with Crippen molar-refractivity contribution < 1.29 is 24.7 Å². The Morgan fingerprint density at radius 3 is 2.67 bits per heavy atom. The van der Waals surface area contributed by atoms with E-state index in [1.165, 1.54) is 16.8 Å². The maximum Gasteiger partial charge on any atom is 0.414 e. The van der Waals surface area contributed by atoms with Crippen LogP contribution in [0.4, 0.5) is 9.93 Å². The number of aromatic nitrogens is 2. The number of rotatable bonds is 9. The average Bonchev–Trinajstić information content (AvgIpc) is 3.35. The van der Waals surface area contributed by atoms with Crippen LogP contribution in [0.5, 0.6) is 0 Å². The van der Waals surface area contributed by atoms with Crippen LogP contribution in [-0.4, -0.2) is 44.7 Å². The first-order valence-electron chi connectivity index (χ1n) is 8.95. The highest BCUT2D eigenvalue weighted by Crippen LogP contribution is 2.27. The highest BCUT2D eigenvalue weighted by Gasteiger charge is 2.21. The Balaban J connectivity index is 1.58. The van der Waals surface area contributed by atoms with E-state index in [0.29, 0.717) is 17.1 Å². The molecule has 158 valence electrons. The van der Waals surface area contributed by atoms with Gasteiger partial charge < -0.3 is 10.4 Å². The second kappa shape index (κ2) is 10.1. The molecule has 0 fully saturated rings. The van der Waals surface area contributed by atoms with Gasteiger partial charge in [-0.3, -0.25) is 14.8 Å². The van der Waals surface area contributed by atoms with Crippen LogP contribution >= 0.6 is 22.7 Å². The van der Waals surface area contributed by atoms with Crippen LogP contribution < -0.4 is 15.7 Å². The SMILES string of the molecule is O=C(CCCNC(=O)Cc1csc(N(Cc2nc3ccccc3s2)C(=O)O)n1)NO. The lowest BCUT2D eigenvalue weighted by atomic mass is 10.3. The van der Waals surface area contributed by atoms with Crippen molar-refractivity contribution in [3.63, 3.8) is 0 Å². The number of hydroxylamine groups is 1. The molecule has 0 spiro atoms. The zero-order valence-corrected chi connectivity index (χ0v) is 17.3. The van der Waals surface area contributed by atoms with Gasteiger partial charge in [0.25, 0.3) is 0 Å². The van der Waals surface area contributed by atoms with E-state index < -0.39 is 12.0 Å². The van der Waals surface area contributed by atoms with Crippen molar-refractivity contribution in [3.05, 3.63) is 40.3 Å². The van der Waals surface area contributed by atoms with E-state index in [4.69, 9.17) is 5.21 Å². The standard InChI is InChI=1S/C18H19N5O5S2/c24-14(22-28)6-3-7-19-15(25)8-11-10-29-17(20-11)23(18(26)27)9-16-21-12-4-1-2-5-13(12)30-16/h1-2,4-5,10,28H,3,6-9H2,(H,19,25)(H,22,24)(H,26,27). The molecule has 0 unspecified atom stereocenters. The third-order valence-electron chi connectivity index (χ3n) is 4.00. The molecule has 0 aliphatic carbocycles. The molecule has 3 aromatic rings. The topological polar surface area (TPSA) is 145 Å². The first-order chi connectivity index (χ1) is 14.5. The van der Waals surface area contributed by atoms with Gasteiger partial charge in [0, 0.05) is 18.3 Å². The number of para-hydroxylation sites is 1. The number of nitrogens with zero attached hydrogens (tertiary/aromatic N) is 3. The number of carboxylic acid groups (broad SMARTS) is 1. The summed E-state index contributed by atoms with van der Waals surface area (Å²) in [7, 11) is 0. The molecular formula is C18H19N5O5S2. The van der Waals surface area contributed by atoms with Crippen molar-refractivity contribution in [1.82, 2.24) is 20.8 Å². The Hall–Kier alpha value is -3.09. The van der Waals surface area contributed by atoms with Crippen LogP contribution in [0, 0.1) is 0 Å². The summed E-state index contributed by atoms with van der Waals surface area (Å²) in [5.41, 5.74) is 2.79. The Bertz CT molecular complexity index is 1020. The van der Waals surface area contributed by atoms with Gasteiger partial charge in [-0.2, -0.15) is 0 Å². The Labute approximate surface area is 179 Å². The largest absolute Gasteiger partial charge is 0.465 e. The van der Waals surface area contributed by atoms with Crippen molar-refractivity contribution >= 4 is 55.9 Å². The van der Waals surface area contributed by atoms with Gasteiger partial charge in [-0.1, -0.05) is 12.1 Å². The molecule has 1 aromatic carbocycles. The van der Waals surface area contributed by atoms with Gasteiger partial charge in [-0.05, 0) is 18.6 Å². The summed E-state index contributed by atoms with van der Waals surface area (Å²) in [5.74, 6) is -0.806. The minimum Gasteiger partial charge on any atom is -0.465 e. The zero-order chi connectivity index (χ0) is 21.5. The Morgan fingerprint density at radius 1 is 1.13 bits per heavy atom. The number of carbonyl (C=O) groups is 3. The van der Waals surface area contributed by atoms with Gasteiger partial charge in [0.2, 0.25) is 11.8 Å². The predicted molar refractivity (Wildman–Crippen MR) is 112 cm³/mol. The number of benzene rings is 1. The number of thiazole rings is 2. The van der Waals surface area contributed by atoms with Crippen LogP contribution in [0.3, 0.4) is 0 Å². The van der Waals surface area contributed by atoms with Gasteiger partial charge in [-0.25, -0.2) is 25.1 Å². The maximum absolute atomic E-state index is 12.0. The number of fused-ring (bicyclic) bond motifs is 1. The molecule has 10 nitrogen and oxygen atoms in total. The molecule has 3 amide bonds. The highest BCUT2D eigenvalue weighted by atomic mass is 32.1. The van der Waals surface area contributed by atoms with Gasteiger partial charge in [0.15, 0.2) is 5.13 Å². The second-order valence-corrected chi connectivity index (χ2v) is 8.18. The summed E-state index contributed by atoms with van der Waals surface area (Å²) in [4.78, 5) is 44.5. The van der Waals surface area contributed by atoms with Gasteiger partial charge >= 0.3 is 6.09 Å². The molecule has 2 heterocycles. The molecule has 12 heteroatoms. The summed E-state index contributed by atoms with van der Waals surface area (Å²) in [6.07, 6.45) is -0.675. The normalized spacial score (nSPS) is 10.7. The third-order valence-corrected chi connectivity index (χ3v) is 5.94. The van der Waals surface area contributed by atoms with Crippen LogP contribution in [0.2, 0.25) is 0 Å². The quantitative estimate of drug-likeness (QED) is 0.223. The first-order valence-corrected chi connectivity index (χ1v) is 10.6. The molecule has 4 N–H and O–H groups in total. The minimum absolute atomic E-state index is 0.00269. The van der Waals surface area contributed by atoms with Crippen molar-refractivity contribution in [2.75, 3.05) is 11.4 Å². The molecule has 0 saturated heterocycles. The molecular weight excluding hydrogens is 430 g/mol. The second-order valence-electron chi connectivity index (χ2n) is 6.23. The Morgan fingerprint density at radius 2 is 1.93 bits per heavy atom. The van der Waals surface area contributed by atoms with Gasteiger partial charge in [0.05, 0.1) is 28.9 Å². The molecule has 0 radical (unpaired) electrons. The van der Waals surface area contributed by atoms with E-state index in [0.717, 1.165) is 26.5 Å². The molecule has 0 aliphatic heterocycles. The Kier molecular flexibility index (Phi) is 7.27. The van der Waals surface area contributed by atoms with E-state index >= 15 is 0 Å². The van der Waals surface area contributed by atoms with Crippen LogP contribution in [0.15, 0.2) is 29.6 Å². The summed E-state index contributed by atoms with van der Waals surface area (Å²) < 4.78 is 0.978. The van der Waals surface area contributed by atoms with Crippen LogP contribution in [-0.2, 0) is 22.6 Å². The molecule has 0 aliphatic rings. The van der Waals surface area contributed by atoms with Crippen molar-refractivity contribution in [3.8, 4) is 0 Å². The fourth-order valence-corrected chi connectivity index (χ4v) is 4.37. The lowest BCUT2D eigenvalue weighted by Gasteiger charge is -2.14. The maximum atomic E-state index is 12.0. The summed E-state index contributed by atoms with van der Waals surface area (Å²) in [6, 6.07) is 7.58. The van der Waals surface area contributed by atoms with E-state index in [-0.39, 0.29) is 37.0 Å². The van der Waals surface area contributed by atoms with E-state index in [1.807, 2.05) is 24.3 Å². The zero-order valence-electron chi connectivity index (χ0n) is 15.7.